The average molecular weight is 307 g/mol. The van der Waals surface area contributed by atoms with E-state index >= 15 is 0 Å². The van der Waals surface area contributed by atoms with Crippen molar-refractivity contribution in [3.8, 4) is 0 Å². The standard InChI is InChI=1S/C16H22FN3S/c1-11-14(10-18-16(2,3)4)21-15(19-11)20(5)13-9-7-6-8-12(13)17/h6-9,18H,10H2,1-5H3. The van der Waals surface area contributed by atoms with Crippen molar-refractivity contribution in [3.63, 3.8) is 0 Å². The lowest BCUT2D eigenvalue weighted by Crippen LogP contribution is -2.34. The molecule has 0 aliphatic carbocycles. The summed E-state index contributed by atoms with van der Waals surface area (Å²) in [6.07, 6.45) is 0. The lowest BCUT2D eigenvalue weighted by molar-refractivity contribution is 0.425. The minimum atomic E-state index is -0.234. The van der Waals surface area contributed by atoms with Crippen molar-refractivity contribution >= 4 is 22.2 Å². The molecule has 1 N–H and O–H groups in total. The molecular formula is C16H22FN3S. The molecule has 114 valence electrons. The van der Waals surface area contributed by atoms with Crippen LogP contribution in [0.1, 0.15) is 31.3 Å². The van der Waals surface area contributed by atoms with Gasteiger partial charge in [0.15, 0.2) is 5.13 Å². The van der Waals surface area contributed by atoms with E-state index in [1.54, 1.807) is 28.4 Å². The number of hydrogen-bond donors (Lipinski definition) is 1. The van der Waals surface area contributed by atoms with Crippen LogP contribution in [0.4, 0.5) is 15.2 Å². The molecule has 0 saturated carbocycles. The fourth-order valence-electron chi connectivity index (χ4n) is 1.89. The molecule has 1 aromatic carbocycles. The lowest BCUT2D eigenvalue weighted by atomic mass is 10.1. The van der Waals surface area contributed by atoms with Crippen LogP contribution in [0.3, 0.4) is 0 Å². The third kappa shape index (κ3) is 4.02. The Bertz CT molecular complexity index is 616. The van der Waals surface area contributed by atoms with Crippen LogP contribution in [0.15, 0.2) is 24.3 Å². The lowest BCUT2D eigenvalue weighted by Gasteiger charge is -2.20. The SMILES string of the molecule is Cc1nc(N(C)c2ccccc2F)sc1CNC(C)(C)C. The zero-order valence-corrected chi connectivity index (χ0v) is 14.0. The number of benzene rings is 1. The van der Waals surface area contributed by atoms with Gasteiger partial charge in [0, 0.05) is 24.0 Å². The summed E-state index contributed by atoms with van der Waals surface area (Å²) in [7, 11) is 1.84. The van der Waals surface area contributed by atoms with Gasteiger partial charge in [0.25, 0.3) is 0 Å². The Hall–Kier alpha value is -1.46. The monoisotopic (exact) mass is 307 g/mol. The van der Waals surface area contributed by atoms with Crippen molar-refractivity contribution in [2.24, 2.45) is 0 Å². The van der Waals surface area contributed by atoms with Gasteiger partial charge in [-0.05, 0) is 39.8 Å². The summed E-state index contributed by atoms with van der Waals surface area (Å²) in [4.78, 5) is 7.55. The van der Waals surface area contributed by atoms with Gasteiger partial charge in [-0.2, -0.15) is 0 Å². The van der Waals surface area contributed by atoms with E-state index in [4.69, 9.17) is 0 Å². The van der Waals surface area contributed by atoms with Crippen molar-refractivity contribution in [1.82, 2.24) is 10.3 Å². The van der Waals surface area contributed by atoms with Crippen LogP contribution in [0.2, 0.25) is 0 Å². The molecule has 0 aliphatic heterocycles. The Balaban J connectivity index is 2.20. The Kier molecular flexibility index (Phi) is 4.64. The second-order valence-corrected chi connectivity index (χ2v) is 7.18. The number of aryl methyl sites for hydroxylation is 1. The zero-order valence-electron chi connectivity index (χ0n) is 13.2. The fourth-order valence-corrected chi connectivity index (χ4v) is 2.87. The van der Waals surface area contributed by atoms with E-state index in [9.17, 15) is 4.39 Å². The third-order valence-electron chi connectivity index (χ3n) is 3.16. The molecule has 0 spiro atoms. The highest BCUT2D eigenvalue weighted by Crippen LogP contribution is 2.31. The van der Waals surface area contributed by atoms with Gasteiger partial charge < -0.3 is 10.2 Å². The Morgan fingerprint density at radius 3 is 2.57 bits per heavy atom. The Labute approximate surface area is 129 Å². The van der Waals surface area contributed by atoms with Crippen molar-refractivity contribution in [3.05, 3.63) is 40.7 Å². The first kappa shape index (κ1) is 15.9. The largest absolute Gasteiger partial charge is 0.318 e. The van der Waals surface area contributed by atoms with Gasteiger partial charge in [-0.15, -0.1) is 0 Å². The maximum atomic E-state index is 13.9. The van der Waals surface area contributed by atoms with Crippen LogP contribution in [0.5, 0.6) is 0 Å². The quantitative estimate of drug-likeness (QED) is 0.915. The van der Waals surface area contributed by atoms with Gasteiger partial charge in [-0.1, -0.05) is 23.5 Å². The first-order valence-electron chi connectivity index (χ1n) is 6.97. The molecule has 21 heavy (non-hydrogen) atoms. The second kappa shape index (κ2) is 6.12. The Morgan fingerprint density at radius 1 is 1.29 bits per heavy atom. The molecule has 1 heterocycles. The zero-order chi connectivity index (χ0) is 15.6. The van der Waals surface area contributed by atoms with Gasteiger partial charge in [-0.3, -0.25) is 0 Å². The highest BCUT2D eigenvalue weighted by molar-refractivity contribution is 7.15. The minimum absolute atomic E-state index is 0.0635. The van der Waals surface area contributed by atoms with E-state index in [0.29, 0.717) is 5.69 Å². The molecular weight excluding hydrogens is 285 g/mol. The number of rotatable bonds is 4. The van der Waals surface area contributed by atoms with Gasteiger partial charge >= 0.3 is 0 Å². The molecule has 0 amide bonds. The van der Waals surface area contributed by atoms with Gasteiger partial charge in [0.1, 0.15) is 5.82 Å². The van der Waals surface area contributed by atoms with Gasteiger partial charge in [0.05, 0.1) is 11.4 Å². The van der Waals surface area contributed by atoms with Crippen molar-refractivity contribution in [2.75, 3.05) is 11.9 Å². The molecule has 0 aliphatic rings. The predicted octanol–water partition coefficient (Wildman–Crippen LogP) is 4.25. The smallest absolute Gasteiger partial charge is 0.190 e. The number of thiazole rings is 1. The van der Waals surface area contributed by atoms with Crippen molar-refractivity contribution < 1.29 is 4.39 Å². The van der Waals surface area contributed by atoms with Crippen LogP contribution in [-0.2, 0) is 6.54 Å². The third-order valence-corrected chi connectivity index (χ3v) is 4.40. The summed E-state index contributed by atoms with van der Waals surface area (Å²) in [6, 6.07) is 6.75. The molecule has 0 atom stereocenters. The number of hydrogen-bond acceptors (Lipinski definition) is 4. The molecule has 5 heteroatoms. The van der Waals surface area contributed by atoms with Crippen LogP contribution in [0.25, 0.3) is 0 Å². The first-order valence-corrected chi connectivity index (χ1v) is 7.79. The van der Waals surface area contributed by atoms with E-state index in [1.165, 1.54) is 10.9 Å². The Morgan fingerprint density at radius 2 is 1.95 bits per heavy atom. The summed E-state index contributed by atoms with van der Waals surface area (Å²) >= 11 is 1.60. The summed E-state index contributed by atoms with van der Waals surface area (Å²) in [5, 5.41) is 4.27. The minimum Gasteiger partial charge on any atom is -0.318 e. The summed E-state index contributed by atoms with van der Waals surface area (Å²) in [5.41, 5.74) is 1.60. The maximum absolute atomic E-state index is 13.9. The van der Waals surface area contributed by atoms with E-state index in [-0.39, 0.29) is 11.4 Å². The number of nitrogens with zero attached hydrogens (tertiary/aromatic N) is 2. The van der Waals surface area contributed by atoms with Crippen LogP contribution in [0, 0.1) is 12.7 Å². The normalized spacial score (nSPS) is 11.7. The molecule has 1 aromatic heterocycles. The topological polar surface area (TPSA) is 28.2 Å². The molecule has 0 saturated heterocycles. The van der Waals surface area contributed by atoms with Crippen LogP contribution < -0.4 is 10.2 Å². The van der Waals surface area contributed by atoms with Crippen molar-refractivity contribution in [1.29, 1.82) is 0 Å². The van der Waals surface area contributed by atoms with E-state index < -0.39 is 0 Å². The molecule has 2 rings (SSSR count). The number of anilines is 2. The molecule has 0 unspecified atom stereocenters. The number of aromatic nitrogens is 1. The van der Waals surface area contributed by atoms with E-state index in [1.807, 2.05) is 20.0 Å². The fraction of sp³-hybridized carbons (Fsp3) is 0.438. The van der Waals surface area contributed by atoms with Gasteiger partial charge in [-0.25, -0.2) is 9.37 Å². The molecule has 0 radical (unpaired) electrons. The second-order valence-electron chi connectivity index (χ2n) is 6.12. The molecule has 3 nitrogen and oxygen atoms in total. The van der Waals surface area contributed by atoms with Crippen LogP contribution in [-0.4, -0.2) is 17.6 Å². The van der Waals surface area contributed by atoms with E-state index in [0.717, 1.165) is 17.4 Å². The molecule has 0 bridgehead atoms. The summed E-state index contributed by atoms with van der Waals surface area (Å²) in [6.45, 7) is 9.17. The average Bonchev–Trinajstić information content (AvgIpc) is 2.77. The molecule has 0 fully saturated rings. The first-order chi connectivity index (χ1) is 9.78. The number of halogens is 1. The van der Waals surface area contributed by atoms with Crippen LogP contribution >= 0.6 is 11.3 Å². The van der Waals surface area contributed by atoms with Crippen molar-refractivity contribution in [2.45, 2.75) is 39.8 Å². The number of nitrogens with one attached hydrogen (secondary N) is 1. The number of para-hydroxylation sites is 1. The summed E-state index contributed by atoms with van der Waals surface area (Å²) in [5.74, 6) is -0.234. The highest BCUT2D eigenvalue weighted by atomic mass is 32.1. The van der Waals surface area contributed by atoms with Gasteiger partial charge in [0.2, 0.25) is 0 Å². The highest BCUT2D eigenvalue weighted by Gasteiger charge is 2.16. The predicted molar refractivity (Wildman–Crippen MR) is 87.9 cm³/mol. The maximum Gasteiger partial charge on any atom is 0.190 e. The molecule has 2 aromatic rings. The summed E-state index contributed by atoms with van der Waals surface area (Å²) < 4.78 is 13.9. The van der Waals surface area contributed by atoms with E-state index in [2.05, 4.69) is 31.1 Å².